The Kier molecular flexibility index (Phi) is 3.56. The summed E-state index contributed by atoms with van der Waals surface area (Å²) in [6.45, 7) is 5.84. The third kappa shape index (κ3) is 2.94. The van der Waals surface area contributed by atoms with Gasteiger partial charge in [0.2, 0.25) is 0 Å². The minimum Gasteiger partial charge on any atom is -0.399 e. The number of carbonyl (C=O) groups is 1. The maximum Gasteiger partial charge on any atom is 0.255 e. The molecule has 3 heteroatoms. The van der Waals surface area contributed by atoms with Gasteiger partial charge >= 0.3 is 0 Å². The first-order valence-corrected chi connectivity index (χ1v) is 6.22. The van der Waals surface area contributed by atoms with E-state index in [2.05, 4.69) is 5.32 Å². The van der Waals surface area contributed by atoms with Crippen molar-refractivity contribution in [1.29, 1.82) is 0 Å². The number of nitrogen functional groups attached to an aromatic ring is 1. The third-order valence-electron chi connectivity index (χ3n) is 3.14. The van der Waals surface area contributed by atoms with E-state index in [0.29, 0.717) is 11.3 Å². The van der Waals surface area contributed by atoms with Crippen LogP contribution in [0.15, 0.2) is 36.4 Å². The minimum absolute atomic E-state index is 0.0888. The van der Waals surface area contributed by atoms with Crippen molar-refractivity contribution in [2.45, 2.75) is 20.8 Å². The normalized spacial score (nSPS) is 10.3. The van der Waals surface area contributed by atoms with Crippen molar-refractivity contribution in [2.75, 3.05) is 11.1 Å². The van der Waals surface area contributed by atoms with E-state index in [0.717, 1.165) is 22.4 Å². The van der Waals surface area contributed by atoms with Crippen LogP contribution in [0.3, 0.4) is 0 Å². The van der Waals surface area contributed by atoms with Gasteiger partial charge in [-0.1, -0.05) is 17.7 Å². The second kappa shape index (κ2) is 5.14. The predicted molar refractivity (Wildman–Crippen MR) is 79.5 cm³/mol. The molecule has 3 nitrogen and oxygen atoms in total. The molecule has 2 aromatic carbocycles. The van der Waals surface area contributed by atoms with Crippen LogP contribution in [0, 0.1) is 20.8 Å². The fourth-order valence-corrected chi connectivity index (χ4v) is 2.00. The molecule has 0 unspecified atom stereocenters. The van der Waals surface area contributed by atoms with Crippen LogP contribution in [-0.2, 0) is 0 Å². The van der Waals surface area contributed by atoms with Crippen molar-refractivity contribution in [1.82, 2.24) is 0 Å². The van der Waals surface area contributed by atoms with E-state index in [1.54, 1.807) is 6.07 Å². The number of aryl methyl sites for hydroxylation is 3. The average Bonchev–Trinajstić information content (AvgIpc) is 2.35. The summed E-state index contributed by atoms with van der Waals surface area (Å²) in [6.07, 6.45) is 0. The molecule has 0 saturated heterocycles. The zero-order valence-corrected chi connectivity index (χ0v) is 11.4. The van der Waals surface area contributed by atoms with Gasteiger partial charge in [0.15, 0.2) is 0 Å². The zero-order valence-electron chi connectivity index (χ0n) is 11.4. The van der Waals surface area contributed by atoms with Crippen LogP contribution >= 0.6 is 0 Å². The van der Waals surface area contributed by atoms with E-state index < -0.39 is 0 Å². The first-order valence-electron chi connectivity index (χ1n) is 6.22. The number of hydrogen-bond donors (Lipinski definition) is 2. The molecule has 19 heavy (non-hydrogen) atoms. The number of nitrogens with one attached hydrogen (secondary N) is 1. The van der Waals surface area contributed by atoms with Crippen LogP contribution in [0.4, 0.5) is 11.4 Å². The molecule has 0 saturated carbocycles. The summed E-state index contributed by atoms with van der Waals surface area (Å²) in [5.74, 6) is -0.0888. The summed E-state index contributed by atoms with van der Waals surface area (Å²) < 4.78 is 0. The van der Waals surface area contributed by atoms with Crippen molar-refractivity contribution in [3.05, 3.63) is 58.7 Å². The smallest absolute Gasteiger partial charge is 0.255 e. The lowest BCUT2D eigenvalue weighted by Gasteiger charge is -2.11. The van der Waals surface area contributed by atoms with Crippen LogP contribution in [0.5, 0.6) is 0 Å². The Labute approximate surface area is 113 Å². The number of nitrogens with two attached hydrogens (primary N) is 1. The quantitative estimate of drug-likeness (QED) is 0.806. The molecule has 98 valence electrons. The minimum atomic E-state index is -0.0888. The lowest BCUT2D eigenvalue weighted by molar-refractivity contribution is 0.102. The van der Waals surface area contributed by atoms with Gasteiger partial charge in [0, 0.05) is 16.9 Å². The van der Waals surface area contributed by atoms with Crippen molar-refractivity contribution in [3.63, 3.8) is 0 Å². The van der Waals surface area contributed by atoms with Crippen molar-refractivity contribution in [2.24, 2.45) is 0 Å². The van der Waals surface area contributed by atoms with Gasteiger partial charge in [-0.05, 0) is 56.2 Å². The second-order valence-corrected chi connectivity index (χ2v) is 4.85. The predicted octanol–water partition coefficient (Wildman–Crippen LogP) is 3.45. The molecule has 1 amide bonds. The van der Waals surface area contributed by atoms with E-state index >= 15 is 0 Å². The van der Waals surface area contributed by atoms with E-state index in [1.165, 1.54) is 0 Å². The Bertz CT molecular complexity index is 633. The van der Waals surface area contributed by atoms with Gasteiger partial charge in [0.05, 0.1) is 0 Å². The largest absolute Gasteiger partial charge is 0.399 e. The molecule has 2 aromatic rings. The van der Waals surface area contributed by atoms with E-state index in [-0.39, 0.29) is 5.91 Å². The molecule has 2 rings (SSSR count). The number of rotatable bonds is 2. The third-order valence-corrected chi connectivity index (χ3v) is 3.14. The van der Waals surface area contributed by atoms with Crippen molar-refractivity contribution >= 4 is 17.3 Å². The van der Waals surface area contributed by atoms with Gasteiger partial charge < -0.3 is 11.1 Å². The average molecular weight is 254 g/mol. The summed E-state index contributed by atoms with van der Waals surface area (Å²) in [4.78, 5) is 12.3. The molecule has 0 aromatic heterocycles. The molecule has 0 radical (unpaired) electrons. The van der Waals surface area contributed by atoms with Crippen LogP contribution in [-0.4, -0.2) is 5.91 Å². The maximum atomic E-state index is 12.3. The fraction of sp³-hybridized carbons (Fsp3) is 0.188. The summed E-state index contributed by atoms with van der Waals surface area (Å²) in [5, 5.41) is 2.93. The molecule has 0 spiro atoms. The lowest BCUT2D eigenvalue weighted by Crippen LogP contribution is -2.14. The highest BCUT2D eigenvalue weighted by Crippen LogP contribution is 2.19. The van der Waals surface area contributed by atoms with E-state index in [1.807, 2.05) is 51.1 Å². The summed E-state index contributed by atoms with van der Waals surface area (Å²) in [7, 11) is 0. The van der Waals surface area contributed by atoms with Gasteiger partial charge in [-0.15, -0.1) is 0 Å². The van der Waals surface area contributed by atoms with Crippen LogP contribution in [0.1, 0.15) is 27.0 Å². The Morgan fingerprint density at radius 1 is 1.00 bits per heavy atom. The first kappa shape index (κ1) is 13.1. The summed E-state index contributed by atoms with van der Waals surface area (Å²) >= 11 is 0. The van der Waals surface area contributed by atoms with Crippen LogP contribution in [0.2, 0.25) is 0 Å². The van der Waals surface area contributed by atoms with Gasteiger partial charge in [-0.2, -0.15) is 0 Å². The molecule has 0 fully saturated rings. The lowest BCUT2D eigenvalue weighted by atomic mass is 10.0. The van der Waals surface area contributed by atoms with Gasteiger partial charge in [-0.25, -0.2) is 0 Å². The molecule has 0 bridgehead atoms. The highest BCUT2D eigenvalue weighted by Gasteiger charge is 2.10. The standard InChI is InChI=1S/C16H18N2O/c1-10-4-5-11(2)14(8-10)16(19)18-15-7-6-13(17)9-12(15)3/h4-9H,17H2,1-3H3,(H,18,19). The molecular weight excluding hydrogens is 236 g/mol. The van der Waals surface area contributed by atoms with Crippen LogP contribution < -0.4 is 11.1 Å². The SMILES string of the molecule is Cc1ccc(C)c(C(=O)Nc2ccc(N)cc2C)c1. The fourth-order valence-electron chi connectivity index (χ4n) is 2.00. The molecule has 0 heterocycles. The topological polar surface area (TPSA) is 55.1 Å². The molecule has 0 aliphatic carbocycles. The van der Waals surface area contributed by atoms with Gasteiger partial charge in [0.1, 0.15) is 0 Å². The van der Waals surface area contributed by atoms with Crippen LogP contribution in [0.25, 0.3) is 0 Å². The molecule has 0 aliphatic heterocycles. The number of anilines is 2. The van der Waals surface area contributed by atoms with Crippen molar-refractivity contribution < 1.29 is 4.79 Å². The van der Waals surface area contributed by atoms with E-state index in [4.69, 9.17) is 5.73 Å². The Morgan fingerprint density at radius 3 is 2.42 bits per heavy atom. The maximum absolute atomic E-state index is 12.3. The Hall–Kier alpha value is -2.29. The molecule has 3 N–H and O–H groups in total. The molecule has 0 aliphatic rings. The van der Waals surface area contributed by atoms with E-state index in [9.17, 15) is 4.79 Å². The summed E-state index contributed by atoms with van der Waals surface area (Å²) in [6, 6.07) is 11.3. The number of amides is 1. The number of benzene rings is 2. The highest BCUT2D eigenvalue weighted by atomic mass is 16.1. The van der Waals surface area contributed by atoms with Gasteiger partial charge in [-0.3, -0.25) is 4.79 Å². The second-order valence-electron chi connectivity index (χ2n) is 4.85. The monoisotopic (exact) mass is 254 g/mol. The number of hydrogen-bond acceptors (Lipinski definition) is 2. The highest BCUT2D eigenvalue weighted by molar-refractivity contribution is 6.05. The van der Waals surface area contributed by atoms with Crippen molar-refractivity contribution in [3.8, 4) is 0 Å². The Balaban J connectivity index is 2.28. The first-order chi connectivity index (χ1) is 8.97. The van der Waals surface area contributed by atoms with Gasteiger partial charge in [0.25, 0.3) is 5.91 Å². The zero-order chi connectivity index (χ0) is 14.0. The molecule has 0 atom stereocenters. The molecular formula is C16H18N2O. The number of carbonyl (C=O) groups excluding carboxylic acids is 1. The Morgan fingerprint density at radius 2 is 1.74 bits per heavy atom. The summed E-state index contributed by atoms with van der Waals surface area (Å²) in [5.41, 5.74) is 10.9.